The van der Waals surface area contributed by atoms with Gasteiger partial charge in [0.05, 0.1) is 49.4 Å². The Morgan fingerprint density at radius 3 is 2.39 bits per heavy atom. The van der Waals surface area contributed by atoms with Crippen molar-refractivity contribution >= 4 is 28.5 Å². The molecule has 0 radical (unpaired) electrons. The van der Waals surface area contributed by atoms with Gasteiger partial charge in [-0.2, -0.15) is 26.3 Å². The van der Waals surface area contributed by atoms with Gasteiger partial charge in [-0.15, -0.1) is 0 Å². The quantitative estimate of drug-likeness (QED) is 0.179. The van der Waals surface area contributed by atoms with Crippen LogP contribution in [0.3, 0.4) is 0 Å². The first kappa shape index (κ1) is 37.2. The molecule has 0 saturated carbocycles. The molecule has 1 fully saturated rings. The Balaban J connectivity index is 1.49. The average Bonchev–Trinajstić information content (AvgIpc) is 3.05. The Hall–Kier alpha value is -5.06. The van der Waals surface area contributed by atoms with Crippen LogP contribution in [-0.4, -0.2) is 66.6 Å². The van der Waals surface area contributed by atoms with Crippen LogP contribution in [-0.2, 0) is 33.9 Å². The summed E-state index contributed by atoms with van der Waals surface area (Å²) < 4.78 is 124. The van der Waals surface area contributed by atoms with Crippen molar-refractivity contribution in [1.82, 2.24) is 14.9 Å². The van der Waals surface area contributed by atoms with Crippen molar-refractivity contribution in [3.8, 4) is 11.1 Å². The van der Waals surface area contributed by atoms with Crippen molar-refractivity contribution in [1.29, 1.82) is 0 Å². The molecule has 9 nitrogen and oxygen atoms in total. The Labute approximate surface area is 284 Å². The van der Waals surface area contributed by atoms with E-state index in [1.54, 1.807) is 0 Å². The summed E-state index contributed by atoms with van der Waals surface area (Å²) in [6.07, 6.45) is -9.90. The van der Waals surface area contributed by atoms with E-state index in [9.17, 15) is 40.7 Å². The van der Waals surface area contributed by atoms with E-state index in [2.05, 4.69) is 10.3 Å². The molecule has 1 aliphatic rings. The zero-order valence-electron chi connectivity index (χ0n) is 27.2. The van der Waals surface area contributed by atoms with Gasteiger partial charge in [-0.3, -0.25) is 14.6 Å². The van der Waals surface area contributed by atoms with Crippen LogP contribution < -0.4 is 15.8 Å². The fourth-order valence-electron chi connectivity index (χ4n) is 6.08. The van der Waals surface area contributed by atoms with Crippen LogP contribution in [0.5, 0.6) is 0 Å². The number of carbonyl (C=O) groups excluding carboxylic acids is 2. The lowest BCUT2D eigenvalue weighted by atomic mass is 9.93. The highest BCUT2D eigenvalue weighted by atomic mass is 19.4. The number of fused-ring (bicyclic) bond motifs is 1. The summed E-state index contributed by atoms with van der Waals surface area (Å²) >= 11 is 0. The molecule has 0 spiro atoms. The molecule has 4 aromatic rings. The van der Waals surface area contributed by atoms with E-state index < -0.39 is 83.0 Å². The number of carbonyl (C=O) groups is 2. The number of amides is 1. The maximum atomic E-state index is 15.3. The van der Waals surface area contributed by atoms with E-state index in [4.69, 9.17) is 9.47 Å². The molecule has 2 aromatic carbocycles. The molecule has 0 bridgehead atoms. The number of aromatic nitrogens is 2. The molecule has 272 valence electrons. The van der Waals surface area contributed by atoms with E-state index in [1.807, 2.05) is 0 Å². The molecular formula is C34H30F8N4O5. The topological polar surface area (TPSA) is 103 Å². The van der Waals surface area contributed by atoms with Crippen LogP contribution in [0.15, 0.2) is 53.5 Å². The number of aryl methyl sites for hydroxylation is 1. The second-order valence-electron chi connectivity index (χ2n) is 11.9. The number of hydrogen-bond acceptors (Lipinski definition) is 7. The molecule has 1 N–H and O–H groups in total. The van der Waals surface area contributed by atoms with Gasteiger partial charge in [0.1, 0.15) is 23.2 Å². The zero-order chi connectivity index (χ0) is 37.4. The lowest BCUT2D eigenvalue weighted by Crippen LogP contribution is -2.48. The summed E-state index contributed by atoms with van der Waals surface area (Å²) in [5.41, 5.74) is -4.00. The summed E-state index contributed by atoms with van der Waals surface area (Å²) in [7, 11) is 2.31. The van der Waals surface area contributed by atoms with Crippen molar-refractivity contribution in [2.75, 3.05) is 31.8 Å². The summed E-state index contributed by atoms with van der Waals surface area (Å²) in [6, 6.07) is 4.88. The van der Waals surface area contributed by atoms with E-state index in [-0.39, 0.29) is 53.2 Å². The number of ether oxygens (including phenoxy) is 2. The van der Waals surface area contributed by atoms with Crippen molar-refractivity contribution < 1.29 is 54.2 Å². The minimum Gasteiger partial charge on any atom is -0.467 e. The van der Waals surface area contributed by atoms with Gasteiger partial charge in [0.15, 0.2) is 0 Å². The Kier molecular flexibility index (Phi) is 10.4. The first-order valence-electron chi connectivity index (χ1n) is 15.3. The number of pyridine rings is 2. The molecule has 51 heavy (non-hydrogen) atoms. The smallest absolute Gasteiger partial charge is 0.417 e. The van der Waals surface area contributed by atoms with Gasteiger partial charge >= 0.3 is 18.3 Å². The number of anilines is 1. The summed E-state index contributed by atoms with van der Waals surface area (Å²) in [5.74, 6) is -5.26. The summed E-state index contributed by atoms with van der Waals surface area (Å²) in [5, 5.41) is 2.42. The molecule has 0 unspecified atom stereocenters. The number of rotatable bonds is 8. The van der Waals surface area contributed by atoms with Crippen LogP contribution in [0.2, 0.25) is 0 Å². The number of methoxy groups -OCH3 is 1. The number of benzene rings is 2. The summed E-state index contributed by atoms with van der Waals surface area (Å²) in [4.78, 5) is 44.6. The highest BCUT2D eigenvalue weighted by Crippen LogP contribution is 2.39. The number of esters is 1. The second-order valence-corrected chi connectivity index (χ2v) is 11.9. The van der Waals surface area contributed by atoms with Gasteiger partial charge in [0.25, 0.3) is 11.5 Å². The van der Waals surface area contributed by atoms with E-state index in [1.165, 1.54) is 44.4 Å². The lowest BCUT2D eigenvalue weighted by Gasteiger charge is -2.37. The van der Waals surface area contributed by atoms with Crippen LogP contribution in [0.4, 0.5) is 40.8 Å². The van der Waals surface area contributed by atoms with E-state index >= 15 is 8.78 Å². The lowest BCUT2D eigenvalue weighted by molar-refractivity contribution is -0.144. The molecule has 2 atom stereocenters. The number of alkyl halides is 6. The molecule has 3 heterocycles. The fourth-order valence-corrected chi connectivity index (χ4v) is 6.08. The molecule has 0 aliphatic carbocycles. The van der Waals surface area contributed by atoms with Crippen molar-refractivity contribution in [3.05, 3.63) is 93.0 Å². The SMILES string of the molecule is COC(=O)[C@H](Cc1ccc(-c2c(C(F)(F)F)cc(C)n(C)c2=O)c2ncccc12)NC(=O)c1c(F)cc(N2CCOC[C@H]2CC(F)(F)F)cc1F. The van der Waals surface area contributed by atoms with Crippen molar-refractivity contribution in [2.24, 2.45) is 7.05 Å². The van der Waals surface area contributed by atoms with Crippen LogP contribution in [0.25, 0.3) is 22.0 Å². The highest BCUT2D eigenvalue weighted by molar-refractivity contribution is 5.99. The first-order valence-corrected chi connectivity index (χ1v) is 15.3. The minimum absolute atomic E-state index is 0.00299. The maximum Gasteiger partial charge on any atom is 0.417 e. The maximum absolute atomic E-state index is 15.3. The monoisotopic (exact) mass is 726 g/mol. The zero-order valence-corrected chi connectivity index (χ0v) is 27.2. The van der Waals surface area contributed by atoms with Crippen LogP contribution in [0.1, 0.15) is 33.6 Å². The Morgan fingerprint density at radius 2 is 1.76 bits per heavy atom. The Morgan fingerprint density at radius 1 is 1.08 bits per heavy atom. The van der Waals surface area contributed by atoms with Crippen molar-refractivity contribution in [2.45, 2.75) is 44.2 Å². The molecule has 1 amide bonds. The fraction of sp³-hybridized carbons (Fsp3) is 0.353. The van der Waals surface area contributed by atoms with Crippen LogP contribution in [0, 0.1) is 18.6 Å². The second kappa shape index (κ2) is 14.3. The minimum atomic E-state index is -4.90. The first-order chi connectivity index (χ1) is 23.9. The van der Waals surface area contributed by atoms with Gasteiger partial charge in [0.2, 0.25) is 0 Å². The third kappa shape index (κ3) is 7.82. The third-order valence-corrected chi connectivity index (χ3v) is 8.60. The normalized spacial score (nSPS) is 15.9. The van der Waals surface area contributed by atoms with Gasteiger partial charge in [-0.25, -0.2) is 13.6 Å². The highest BCUT2D eigenvalue weighted by Gasteiger charge is 2.38. The molecule has 1 aliphatic heterocycles. The van der Waals surface area contributed by atoms with Gasteiger partial charge in [-0.05, 0) is 36.8 Å². The molecule has 5 rings (SSSR count). The molecular weight excluding hydrogens is 696 g/mol. The standard InChI is InChI=1S/C34H30F8N4O5/c1-17-11-23(34(40,41)42)27(31(48)45(17)2)22-7-6-18(21-5-4-8-43-29(21)22)12-26(32(49)50-3)44-30(47)28-24(35)13-19(14-25(28)36)46-9-10-51-16-20(46)15-33(37,38)39/h4-8,11,13-14,20,26H,9-10,12,15-16H2,1-3H3,(H,44,47)/t20-,26+/m1/s1. The van der Waals surface area contributed by atoms with Gasteiger partial charge in [-0.1, -0.05) is 18.2 Å². The summed E-state index contributed by atoms with van der Waals surface area (Å²) in [6.45, 7) is 0.900. The van der Waals surface area contributed by atoms with E-state index in [0.717, 1.165) is 22.6 Å². The number of nitrogens with zero attached hydrogens (tertiary/aromatic N) is 3. The van der Waals surface area contributed by atoms with Crippen molar-refractivity contribution in [3.63, 3.8) is 0 Å². The third-order valence-electron chi connectivity index (χ3n) is 8.60. The predicted octanol–water partition coefficient (Wildman–Crippen LogP) is 5.88. The van der Waals surface area contributed by atoms with Gasteiger partial charge < -0.3 is 24.3 Å². The van der Waals surface area contributed by atoms with Crippen LogP contribution >= 0.6 is 0 Å². The largest absolute Gasteiger partial charge is 0.467 e. The van der Waals surface area contributed by atoms with E-state index in [0.29, 0.717) is 12.1 Å². The Bertz CT molecular complexity index is 2020. The number of nitrogens with one attached hydrogen (secondary N) is 1. The number of hydrogen-bond donors (Lipinski definition) is 1. The molecule has 2 aromatic heterocycles. The number of halogens is 8. The molecule has 17 heteroatoms. The average molecular weight is 727 g/mol. The predicted molar refractivity (Wildman–Crippen MR) is 168 cm³/mol. The van der Waals surface area contributed by atoms with Gasteiger partial charge in [0, 0.05) is 48.5 Å². The molecule has 1 saturated heterocycles. The number of morpholine rings is 1.